The number of ether oxygens (including phenoxy) is 6. The summed E-state index contributed by atoms with van der Waals surface area (Å²) >= 11 is 0. The zero-order chi connectivity index (χ0) is 40.7. The topological polar surface area (TPSA) is 295 Å². The first kappa shape index (κ1) is 42.7. The van der Waals surface area contributed by atoms with E-state index in [2.05, 4.69) is 13.5 Å². The molecule has 3 aliphatic heterocycles. The number of carbonyl (C=O) groups excluding carboxylic acids is 1. The first-order valence-electron chi connectivity index (χ1n) is 19.9. The maximum atomic E-state index is 14.1. The van der Waals surface area contributed by atoms with Crippen molar-refractivity contribution in [1.29, 1.82) is 0 Å². The molecule has 0 aromatic heterocycles. The molecule has 2 bridgehead atoms. The van der Waals surface area contributed by atoms with E-state index in [9.17, 15) is 61.0 Å². The van der Waals surface area contributed by atoms with Gasteiger partial charge in [-0.25, -0.2) is 0 Å². The summed E-state index contributed by atoms with van der Waals surface area (Å²) in [4.78, 5) is 14.1. The third-order valence-corrected chi connectivity index (χ3v) is 15.0. The van der Waals surface area contributed by atoms with Gasteiger partial charge in [-0.1, -0.05) is 19.9 Å². The lowest BCUT2D eigenvalue weighted by atomic mass is 9.41. The molecule has 0 aromatic carbocycles. The van der Waals surface area contributed by atoms with E-state index < -0.39 is 129 Å². The molecule has 320 valence electrons. The van der Waals surface area contributed by atoms with Crippen LogP contribution in [0.25, 0.3) is 0 Å². The van der Waals surface area contributed by atoms with Gasteiger partial charge in [-0.3, -0.25) is 4.79 Å². The molecule has 3 heterocycles. The molecule has 11 N–H and O–H groups in total. The van der Waals surface area contributed by atoms with Crippen LogP contribution in [0, 0.1) is 28.1 Å². The Morgan fingerprint density at radius 3 is 1.82 bits per heavy atom. The summed E-state index contributed by atoms with van der Waals surface area (Å²) < 4.78 is 35.6. The van der Waals surface area contributed by atoms with Crippen molar-refractivity contribution in [2.24, 2.45) is 28.1 Å². The molecule has 18 nitrogen and oxygen atoms in total. The summed E-state index contributed by atoms with van der Waals surface area (Å²) in [7, 11) is 0. The summed E-state index contributed by atoms with van der Waals surface area (Å²) in [5, 5.41) is 114. The van der Waals surface area contributed by atoms with Gasteiger partial charge < -0.3 is 84.6 Å². The number of carbonyl (C=O) groups is 1. The van der Waals surface area contributed by atoms with E-state index in [1.165, 1.54) is 0 Å². The molecule has 18 heteroatoms. The Labute approximate surface area is 324 Å². The van der Waals surface area contributed by atoms with E-state index in [1.807, 2.05) is 6.92 Å². The number of fused-ring (bicyclic) bond motifs is 3. The van der Waals surface area contributed by atoms with Crippen LogP contribution in [0.3, 0.4) is 0 Å². The Morgan fingerprint density at radius 2 is 1.21 bits per heavy atom. The third kappa shape index (κ3) is 6.69. The SMILES string of the molecule is C=C1C[C@@]23CC[C@@H]4[C@@](C)(CCC[C@@]4(C)C(=O)O[C@@H]4O[C@H](CO)[C@H](O)[C@H](O)[C@@H]4O)[C@H]2CC[C@]1(O[C@H]1O[C@H](CO)[C@@H](O)[C@H](O)[C@H]1O[C@@H]1O[C@H](CO)[C@@H](O)[C@H](O)[C@H]1O)C3. The molecule has 4 saturated carbocycles. The van der Waals surface area contributed by atoms with E-state index in [0.29, 0.717) is 44.9 Å². The minimum atomic E-state index is -1.81. The standard InChI is InChI=1S/C38H60O18/c1-16-11-37-9-5-20-35(2,7-4-8-36(20,3)34(50)55-32-29(49)26(46)23(43)18(13-40)52-32)21(37)6-10-38(16,15-37)56-33-30(27(47)24(44)19(14-41)53-33)54-31-28(48)25(45)22(42)17(12-39)51-31/h17-33,39-49H,1,4-15H2,2-3H3/t17-,18-,19-,20-,21-,22-,23+,24-,25+,26+,27+,28-,29+,30-,31+,32+,33-,35-,36-,37-,38+/m1/s1. The lowest BCUT2D eigenvalue weighted by Crippen LogP contribution is -2.65. The highest BCUT2D eigenvalue weighted by atomic mass is 16.8. The van der Waals surface area contributed by atoms with Crippen LogP contribution in [0.4, 0.5) is 0 Å². The molecule has 0 aromatic rings. The molecule has 56 heavy (non-hydrogen) atoms. The average Bonchev–Trinajstić information content (AvgIpc) is 3.37. The van der Waals surface area contributed by atoms with Crippen LogP contribution < -0.4 is 0 Å². The smallest absolute Gasteiger partial charge is 0.314 e. The van der Waals surface area contributed by atoms with Gasteiger partial charge in [0.25, 0.3) is 0 Å². The van der Waals surface area contributed by atoms with Crippen molar-refractivity contribution in [2.75, 3.05) is 19.8 Å². The fourth-order valence-corrected chi connectivity index (χ4v) is 12.0. The molecule has 1 spiro atoms. The highest BCUT2D eigenvalue weighted by Crippen LogP contribution is 2.73. The van der Waals surface area contributed by atoms with Gasteiger partial charge in [0, 0.05) is 0 Å². The van der Waals surface area contributed by atoms with E-state index in [-0.39, 0.29) is 22.7 Å². The number of rotatable bonds is 9. The zero-order valence-electron chi connectivity index (χ0n) is 31.8. The van der Waals surface area contributed by atoms with Crippen LogP contribution in [-0.2, 0) is 33.2 Å². The van der Waals surface area contributed by atoms with Crippen LogP contribution in [0.1, 0.15) is 71.6 Å². The molecular formula is C38H60O18. The number of hydrogen-bond donors (Lipinski definition) is 11. The van der Waals surface area contributed by atoms with Crippen LogP contribution in [0.5, 0.6) is 0 Å². The Balaban J connectivity index is 1.10. The van der Waals surface area contributed by atoms with Gasteiger partial charge in [0.1, 0.15) is 73.2 Å². The molecule has 3 saturated heterocycles. The van der Waals surface area contributed by atoms with Gasteiger partial charge in [0.2, 0.25) is 6.29 Å². The lowest BCUT2D eigenvalue weighted by Gasteiger charge is -2.64. The molecule has 4 aliphatic carbocycles. The summed E-state index contributed by atoms with van der Waals surface area (Å²) in [6.45, 7) is 6.52. The zero-order valence-corrected chi connectivity index (χ0v) is 31.8. The first-order valence-corrected chi connectivity index (χ1v) is 19.9. The monoisotopic (exact) mass is 804 g/mol. The van der Waals surface area contributed by atoms with E-state index in [4.69, 9.17) is 28.4 Å². The van der Waals surface area contributed by atoms with Gasteiger partial charge >= 0.3 is 5.97 Å². The van der Waals surface area contributed by atoms with Crippen molar-refractivity contribution in [1.82, 2.24) is 0 Å². The average molecular weight is 805 g/mol. The second kappa shape index (κ2) is 15.6. The van der Waals surface area contributed by atoms with Gasteiger partial charge in [-0.05, 0) is 86.5 Å². The maximum Gasteiger partial charge on any atom is 0.314 e. The van der Waals surface area contributed by atoms with E-state index in [0.717, 1.165) is 18.4 Å². The van der Waals surface area contributed by atoms with Crippen molar-refractivity contribution >= 4 is 5.97 Å². The lowest BCUT2D eigenvalue weighted by molar-refractivity contribution is -0.378. The van der Waals surface area contributed by atoms with E-state index >= 15 is 0 Å². The summed E-state index contributed by atoms with van der Waals surface area (Å²) in [6, 6.07) is 0. The second-order valence-electron chi connectivity index (χ2n) is 18.0. The first-order chi connectivity index (χ1) is 26.4. The summed E-state index contributed by atoms with van der Waals surface area (Å²) in [5.41, 5.74) is -1.80. The normalized spacial score (nSPS) is 54.6. The Bertz CT molecular complexity index is 1450. The van der Waals surface area contributed by atoms with Gasteiger partial charge in [0.05, 0.1) is 30.8 Å². The van der Waals surface area contributed by atoms with Gasteiger partial charge in [-0.15, -0.1) is 0 Å². The fourth-order valence-electron chi connectivity index (χ4n) is 12.0. The predicted molar refractivity (Wildman–Crippen MR) is 186 cm³/mol. The van der Waals surface area contributed by atoms with Crippen molar-refractivity contribution in [3.63, 3.8) is 0 Å². The number of esters is 1. The molecule has 7 fully saturated rings. The number of aliphatic hydroxyl groups is 11. The van der Waals surface area contributed by atoms with Crippen molar-refractivity contribution in [3.05, 3.63) is 12.2 Å². The molecule has 7 aliphatic rings. The maximum absolute atomic E-state index is 14.1. The molecule has 0 unspecified atom stereocenters. The summed E-state index contributed by atoms with van der Waals surface area (Å²) in [5.74, 6) is -0.591. The van der Waals surface area contributed by atoms with Crippen LogP contribution in [-0.4, -0.2) is 180 Å². The molecular weight excluding hydrogens is 744 g/mol. The minimum absolute atomic E-state index is 0.121. The van der Waals surface area contributed by atoms with Crippen LogP contribution >= 0.6 is 0 Å². The van der Waals surface area contributed by atoms with Crippen molar-refractivity contribution in [3.8, 4) is 0 Å². The second-order valence-corrected chi connectivity index (χ2v) is 18.0. The van der Waals surface area contributed by atoms with Crippen molar-refractivity contribution < 1.29 is 89.4 Å². The summed E-state index contributed by atoms with van der Waals surface area (Å²) in [6.07, 6.45) is -17.8. The molecule has 0 radical (unpaired) electrons. The molecule has 0 amide bonds. The minimum Gasteiger partial charge on any atom is -0.432 e. The Morgan fingerprint density at radius 1 is 0.679 bits per heavy atom. The predicted octanol–water partition coefficient (Wildman–Crippen LogP) is -2.94. The molecule has 21 atom stereocenters. The van der Waals surface area contributed by atoms with Gasteiger partial charge in [0.15, 0.2) is 12.6 Å². The fraction of sp³-hybridized carbons (Fsp3) is 0.921. The van der Waals surface area contributed by atoms with Gasteiger partial charge in [-0.2, -0.15) is 0 Å². The number of aliphatic hydroxyl groups excluding tert-OH is 11. The van der Waals surface area contributed by atoms with E-state index in [1.54, 1.807) is 0 Å². The van der Waals surface area contributed by atoms with Crippen LogP contribution in [0.15, 0.2) is 12.2 Å². The largest absolute Gasteiger partial charge is 0.432 e. The number of hydrogen-bond acceptors (Lipinski definition) is 18. The quantitative estimate of drug-likeness (QED) is 0.0631. The van der Waals surface area contributed by atoms with Crippen LogP contribution in [0.2, 0.25) is 0 Å². The molecule has 7 rings (SSSR count). The highest BCUT2D eigenvalue weighted by molar-refractivity contribution is 5.77. The highest BCUT2D eigenvalue weighted by Gasteiger charge is 2.69. The Kier molecular flexibility index (Phi) is 11.9. The third-order valence-electron chi connectivity index (χ3n) is 15.0. The van der Waals surface area contributed by atoms with Crippen molar-refractivity contribution in [2.45, 2.75) is 169 Å². The Hall–Kier alpha value is -1.43.